The van der Waals surface area contributed by atoms with Gasteiger partial charge >= 0.3 is 0 Å². The maximum absolute atomic E-state index is 5.14. The zero-order valence-corrected chi connectivity index (χ0v) is 11.4. The van der Waals surface area contributed by atoms with Gasteiger partial charge in [-0.2, -0.15) is 0 Å². The van der Waals surface area contributed by atoms with Gasteiger partial charge in [-0.3, -0.25) is 0 Å². The van der Waals surface area contributed by atoms with Crippen LogP contribution in [0.5, 0.6) is 5.75 Å². The van der Waals surface area contributed by atoms with Crippen molar-refractivity contribution >= 4 is 15.9 Å². The Morgan fingerprint density at radius 1 is 1.44 bits per heavy atom. The van der Waals surface area contributed by atoms with Crippen LogP contribution in [0.25, 0.3) is 0 Å². The summed E-state index contributed by atoms with van der Waals surface area (Å²) >= 11 is 3.35. The van der Waals surface area contributed by atoms with E-state index in [-0.39, 0.29) is 0 Å². The number of ether oxygens (including phenoxy) is 1. The molecule has 16 heavy (non-hydrogen) atoms. The van der Waals surface area contributed by atoms with E-state index in [0.29, 0.717) is 6.04 Å². The lowest BCUT2D eigenvalue weighted by atomic mass is 10.0. The average Bonchev–Trinajstić information content (AvgIpc) is 2.30. The molecule has 0 saturated carbocycles. The van der Waals surface area contributed by atoms with Gasteiger partial charge in [-0.1, -0.05) is 41.6 Å². The van der Waals surface area contributed by atoms with Gasteiger partial charge in [-0.15, -0.1) is 0 Å². The second-order valence-electron chi connectivity index (χ2n) is 3.63. The monoisotopic (exact) mass is 283 g/mol. The highest BCUT2D eigenvalue weighted by Crippen LogP contribution is 2.20. The van der Waals surface area contributed by atoms with Crippen molar-refractivity contribution in [2.24, 2.45) is 0 Å². The second-order valence-corrected chi connectivity index (χ2v) is 4.75. The third-order valence-electron chi connectivity index (χ3n) is 2.47. The van der Waals surface area contributed by atoms with E-state index in [0.717, 1.165) is 23.2 Å². The fraction of sp³-hybridized carbons (Fsp3) is 0.385. The first-order chi connectivity index (χ1) is 7.67. The van der Waals surface area contributed by atoms with Gasteiger partial charge in [0.15, 0.2) is 0 Å². The van der Waals surface area contributed by atoms with Crippen molar-refractivity contribution in [1.82, 2.24) is 5.32 Å². The van der Waals surface area contributed by atoms with Gasteiger partial charge in [0.25, 0.3) is 0 Å². The Morgan fingerprint density at radius 3 is 2.50 bits per heavy atom. The van der Waals surface area contributed by atoms with Crippen molar-refractivity contribution in [3.63, 3.8) is 0 Å². The second kappa shape index (κ2) is 6.71. The molecule has 0 aliphatic heterocycles. The SMILES string of the molecule is C=C(Br)CNC(CC)c1ccc(OC)cc1. The zero-order chi connectivity index (χ0) is 12.0. The molecule has 0 bridgehead atoms. The smallest absolute Gasteiger partial charge is 0.118 e. The minimum absolute atomic E-state index is 0.361. The van der Waals surface area contributed by atoms with Crippen molar-refractivity contribution in [2.75, 3.05) is 13.7 Å². The summed E-state index contributed by atoms with van der Waals surface area (Å²) in [7, 11) is 1.68. The Hall–Kier alpha value is -0.800. The summed E-state index contributed by atoms with van der Waals surface area (Å²) in [6.07, 6.45) is 1.05. The van der Waals surface area contributed by atoms with E-state index in [9.17, 15) is 0 Å². The minimum atomic E-state index is 0.361. The average molecular weight is 284 g/mol. The van der Waals surface area contributed by atoms with Crippen LogP contribution in [0.1, 0.15) is 24.9 Å². The van der Waals surface area contributed by atoms with Gasteiger partial charge in [0.05, 0.1) is 7.11 Å². The predicted molar refractivity (Wildman–Crippen MR) is 72.1 cm³/mol. The number of rotatable bonds is 6. The van der Waals surface area contributed by atoms with E-state index < -0.39 is 0 Å². The molecule has 0 aliphatic rings. The first-order valence-electron chi connectivity index (χ1n) is 5.38. The molecule has 0 spiro atoms. The molecule has 1 aromatic carbocycles. The lowest BCUT2D eigenvalue weighted by molar-refractivity contribution is 0.414. The maximum atomic E-state index is 5.14. The highest BCUT2D eigenvalue weighted by Gasteiger charge is 2.08. The maximum Gasteiger partial charge on any atom is 0.118 e. The van der Waals surface area contributed by atoms with Crippen LogP contribution in [0.15, 0.2) is 35.3 Å². The fourth-order valence-electron chi connectivity index (χ4n) is 1.57. The summed E-state index contributed by atoms with van der Waals surface area (Å²) in [6.45, 7) is 6.76. The summed E-state index contributed by atoms with van der Waals surface area (Å²) in [4.78, 5) is 0. The van der Waals surface area contributed by atoms with E-state index >= 15 is 0 Å². The lowest BCUT2D eigenvalue weighted by Crippen LogP contribution is -2.21. The van der Waals surface area contributed by atoms with Crippen LogP contribution in [0, 0.1) is 0 Å². The van der Waals surface area contributed by atoms with Crippen LogP contribution in [-0.4, -0.2) is 13.7 Å². The van der Waals surface area contributed by atoms with Gasteiger partial charge in [0.1, 0.15) is 5.75 Å². The van der Waals surface area contributed by atoms with Crippen molar-refractivity contribution in [2.45, 2.75) is 19.4 Å². The number of hydrogen-bond donors (Lipinski definition) is 1. The van der Waals surface area contributed by atoms with Gasteiger partial charge in [-0.05, 0) is 24.1 Å². The summed E-state index contributed by atoms with van der Waals surface area (Å²) in [5, 5.41) is 3.44. The Bertz CT molecular complexity index is 334. The first-order valence-corrected chi connectivity index (χ1v) is 6.17. The Morgan fingerprint density at radius 2 is 2.06 bits per heavy atom. The van der Waals surface area contributed by atoms with E-state index in [1.165, 1.54) is 5.56 Å². The quantitative estimate of drug-likeness (QED) is 0.861. The van der Waals surface area contributed by atoms with Gasteiger partial charge in [0.2, 0.25) is 0 Å². The molecule has 1 atom stereocenters. The summed E-state index contributed by atoms with van der Waals surface area (Å²) in [5.74, 6) is 0.892. The first kappa shape index (κ1) is 13.3. The molecule has 1 rings (SSSR count). The number of nitrogens with one attached hydrogen (secondary N) is 1. The van der Waals surface area contributed by atoms with E-state index in [2.05, 4.69) is 46.9 Å². The summed E-state index contributed by atoms with van der Waals surface area (Å²) in [5.41, 5.74) is 1.28. The Balaban J connectivity index is 2.66. The van der Waals surface area contributed by atoms with Gasteiger partial charge < -0.3 is 10.1 Å². The van der Waals surface area contributed by atoms with E-state index in [4.69, 9.17) is 4.74 Å². The third-order valence-corrected chi connectivity index (χ3v) is 2.75. The van der Waals surface area contributed by atoms with Crippen LogP contribution in [-0.2, 0) is 0 Å². The summed E-state index contributed by atoms with van der Waals surface area (Å²) < 4.78 is 6.11. The molecule has 0 saturated heterocycles. The molecule has 1 N–H and O–H groups in total. The Labute approximate surface area is 106 Å². The molecule has 0 fully saturated rings. The molecule has 0 aliphatic carbocycles. The highest BCUT2D eigenvalue weighted by molar-refractivity contribution is 9.11. The molecule has 0 radical (unpaired) electrons. The normalized spacial score (nSPS) is 12.2. The molecule has 3 heteroatoms. The molecule has 1 unspecified atom stereocenters. The molecular formula is C13H18BrNO. The van der Waals surface area contributed by atoms with Crippen LogP contribution < -0.4 is 10.1 Å². The largest absolute Gasteiger partial charge is 0.497 e. The molecule has 0 aromatic heterocycles. The topological polar surface area (TPSA) is 21.3 Å². The van der Waals surface area contributed by atoms with Crippen molar-refractivity contribution in [3.8, 4) is 5.75 Å². The number of halogens is 1. The van der Waals surface area contributed by atoms with Gasteiger partial charge in [-0.25, -0.2) is 0 Å². The van der Waals surface area contributed by atoms with Crippen LogP contribution in [0.2, 0.25) is 0 Å². The zero-order valence-electron chi connectivity index (χ0n) is 9.79. The molecule has 0 amide bonds. The predicted octanol–water partition coefficient (Wildman–Crippen LogP) is 3.64. The third kappa shape index (κ3) is 3.99. The summed E-state index contributed by atoms with van der Waals surface area (Å²) in [6, 6.07) is 8.53. The Kier molecular flexibility index (Phi) is 5.56. The van der Waals surface area contributed by atoms with Crippen LogP contribution in [0.4, 0.5) is 0 Å². The molecule has 0 heterocycles. The molecule has 2 nitrogen and oxygen atoms in total. The molecular weight excluding hydrogens is 266 g/mol. The molecule has 1 aromatic rings. The number of benzene rings is 1. The van der Waals surface area contributed by atoms with E-state index in [1.54, 1.807) is 7.11 Å². The lowest BCUT2D eigenvalue weighted by Gasteiger charge is -2.17. The van der Waals surface area contributed by atoms with Gasteiger partial charge in [0, 0.05) is 17.1 Å². The van der Waals surface area contributed by atoms with Crippen molar-refractivity contribution in [3.05, 3.63) is 40.9 Å². The minimum Gasteiger partial charge on any atom is -0.497 e. The fourth-order valence-corrected chi connectivity index (χ4v) is 1.73. The standard InChI is InChI=1S/C13H18BrNO/c1-4-13(15-9-10(2)14)11-5-7-12(16-3)8-6-11/h5-8,13,15H,2,4,9H2,1,3H3. The van der Waals surface area contributed by atoms with Crippen LogP contribution >= 0.6 is 15.9 Å². The van der Waals surface area contributed by atoms with Crippen LogP contribution in [0.3, 0.4) is 0 Å². The van der Waals surface area contributed by atoms with Crippen molar-refractivity contribution in [1.29, 1.82) is 0 Å². The number of hydrogen-bond acceptors (Lipinski definition) is 2. The van der Waals surface area contributed by atoms with E-state index in [1.807, 2.05) is 12.1 Å². The van der Waals surface area contributed by atoms with Crippen molar-refractivity contribution < 1.29 is 4.74 Å². The molecule has 88 valence electrons. The number of methoxy groups -OCH3 is 1. The highest BCUT2D eigenvalue weighted by atomic mass is 79.9.